The van der Waals surface area contributed by atoms with Crippen LogP contribution in [0.15, 0.2) is 54.7 Å². The molecule has 2 heterocycles. The molecule has 8 nitrogen and oxygen atoms in total. The number of anilines is 2. The largest absolute Gasteiger partial charge is 0.369 e. The molecule has 0 bridgehead atoms. The lowest BCUT2D eigenvalue weighted by molar-refractivity contribution is -0.117. The number of aromatic nitrogens is 5. The number of carbonyl (C=O) groups excluding carboxylic acids is 1. The Hall–Kier alpha value is -3.88. The number of benzene rings is 2. The topological polar surface area (TPSA) is 112 Å². The van der Waals surface area contributed by atoms with Crippen LogP contribution in [0.2, 0.25) is 0 Å². The SMILES string of the molecule is NC(=O)Cc1cccc(-n2nnc3cnc(Nc4ccc(F)cc4)nc32)c1. The van der Waals surface area contributed by atoms with Gasteiger partial charge >= 0.3 is 0 Å². The maximum Gasteiger partial charge on any atom is 0.229 e. The van der Waals surface area contributed by atoms with E-state index >= 15 is 0 Å². The summed E-state index contributed by atoms with van der Waals surface area (Å²) >= 11 is 0. The Kier molecular flexibility index (Phi) is 4.17. The van der Waals surface area contributed by atoms with Gasteiger partial charge in [0.1, 0.15) is 5.82 Å². The van der Waals surface area contributed by atoms with E-state index in [1.807, 2.05) is 12.1 Å². The number of nitrogens with zero attached hydrogens (tertiary/aromatic N) is 5. The van der Waals surface area contributed by atoms with Crippen LogP contribution in [0.1, 0.15) is 5.56 Å². The van der Waals surface area contributed by atoms with Crippen LogP contribution in [-0.2, 0) is 11.2 Å². The van der Waals surface area contributed by atoms with Crippen molar-refractivity contribution in [3.05, 3.63) is 66.1 Å². The highest BCUT2D eigenvalue weighted by Crippen LogP contribution is 2.19. The first-order valence-corrected chi connectivity index (χ1v) is 8.07. The van der Waals surface area contributed by atoms with Crippen molar-refractivity contribution in [1.82, 2.24) is 25.0 Å². The summed E-state index contributed by atoms with van der Waals surface area (Å²) in [6.07, 6.45) is 1.68. The summed E-state index contributed by atoms with van der Waals surface area (Å²) in [5, 5.41) is 11.2. The first-order valence-electron chi connectivity index (χ1n) is 8.07. The molecule has 2 aromatic carbocycles. The summed E-state index contributed by atoms with van der Waals surface area (Å²) < 4.78 is 14.6. The second-order valence-corrected chi connectivity index (χ2v) is 5.85. The minimum atomic E-state index is -0.413. The summed E-state index contributed by atoms with van der Waals surface area (Å²) in [4.78, 5) is 19.8. The second kappa shape index (κ2) is 6.79. The molecular formula is C18H14FN7O. The third-order valence-corrected chi connectivity index (χ3v) is 3.83. The first kappa shape index (κ1) is 16.6. The standard InChI is InChI=1S/C18H14FN7O/c19-12-4-6-13(7-5-12)22-18-21-10-15-17(23-18)26(25-24-15)14-3-1-2-11(8-14)9-16(20)27/h1-8,10H,9H2,(H2,20,27)(H,21,22,23). The number of rotatable bonds is 5. The van der Waals surface area contributed by atoms with E-state index in [0.29, 0.717) is 28.5 Å². The van der Waals surface area contributed by atoms with Gasteiger partial charge in [-0.3, -0.25) is 4.79 Å². The van der Waals surface area contributed by atoms with Crippen molar-refractivity contribution in [2.45, 2.75) is 6.42 Å². The normalized spacial score (nSPS) is 10.9. The minimum absolute atomic E-state index is 0.132. The van der Waals surface area contributed by atoms with Gasteiger partial charge in [0.05, 0.1) is 18.3 Å². The Morgan fingerprint density at radius 1 is 1.19 bits per heavy atom. The molecule has 0 radical (unpaired) electrons. The fourth-order valence-electron chi connectivity index (χ4n) is 2.62. The second-order valence-electron chi connectivity index (χ2n) is 5.85. The average molecular weight is 363 g/mol. The molecule has 0 aliphatic carbocycles. The molecule has 134 valence electrons. The van der Waals surface area contributed by atoms with Gasteiger partial charge in [0.15, 0.2) is 11.2 Å². The van der Waals surface area contributed by atoms with E-state index in [1.54, 1.807) is 35.1 Å². The van der Waals surface area contributed by atoms with Gasteiger partial charge in [-0.1, -0.05) is 17.3 Å². The quantitative estimate of drug-likeness (QED) is 0.562. The van der Waals surface area contributed by atoms with Crippen LogP contribution in [0.25, 0.3) is 16.9 Å². The number of carbonyl (C=O) groups is 1. The van der Waals surface area contributed by atoms with E-state index < -0.39 is 5.91 Å². The first-order chi connectivity index (χ1) is 13.1. The summed E-state index contributed by atoms with van der Waals surface area (Å²) in [5.41, 5.74) is 8.38. The maximum absolute atomic E-state index is 13.0. The van der Waals surface area contributed by atoms with Crippen LogP contribution < -0.4 is 11.1 Å². The highest BCUT2D eigenvalue weighted by Gasteiger charge is 2.11. The summed E-state index contributed by atoms with van der Waals surface area (Å²) in [7, 11) is 0. The number of hydrogen-bond acceptors (Lipinski definition) is 6. The monoisotopic (exact) mass is 363 g/mol. The predicted octanol–water partition coefficient (Wildman–Crippen LogP) is 2.12. The highest BCUT2D eigenvalue weighted by atomic mass is 19.1. The molecule has 27 heavy (non-hydrogen) atoms. The Bertz CT molecular complexity index is 1120. The van der Waals surface area contributed by atoms with E-state index in [2.05, 4.69) is 25.6 Å². The summed E-state index contributed by atoms with van der Waals surface area (Å²) in [6.45, 7) is 0. The fraction of sp³-hybridized carbons (Fsp3) is 0.0556. The van der Waals surface area contributed by atoms with Gasteiger partial charge < -0.3 is 11.1 Å². The molecule has 0 fully saturated rings. The molecule has 0 spiro atoms. The summed E-state index contributed by atoms with van der Waals surface area (Å²) in [5.74, 6) is -0.412. The number of nitrogens with one attached hydrogen (secondary N) is 1. The Balaban J connectivity index is 1.70. The smallest absolute Gasteiger partial charge is 0.229 e. The van der Waals surface area contributed by atoms with Crippen LogP contribution >= 0.6 is 0 Å². The van der Waals surface area contributed by atoms with Crippen LogP contribution in [0.5, 0.6) is 0 Å². The molecule has 2 aromatic heterocycles. The van der Waals surface area contributed by atoms with E-state index in [9.17, 15) is 9.18 Å². The van der Waals surface area contributed by atoms with Crippen LogP contribution in [0.3, 0.4) is 0 Å². The molecule has 3 N–H and O–H groups in total. The molecule has 0 saturated carbocycles. The van der Waals surface area contributed by atoms with Gasteiger partial charge in [0.2, 0.25) is 11.9 Å². The lowest BCUT2D eigenvalue weighted by atomic mass is 10.1. The Morgan fingerprint density at radius 3 is 2.78 bits per heavy atom. The van der Waals surface area contributed by atoms with E-state index in [0.717, 1.165) is 5.56 Å². The van der Waals surface area contributed by atoms with Crippen molar-refractivity contribution in [3.8, 4) is 5.69 Å². The zero-order valence-electron chi connectivity index (χ0n) is 14.0. The Labute approximate surface area is 152 Å². The molecule has 9 heteroatoms. The fourth-order valence-corrected chi connectivity index (χ4v) is 2.62. The van der Waals surface area contributed by atoms with Crippen molar-refractivity contribution in [1.29, 1.82) is 0 Å². The lowest BCUT2D eigenvalue weighted by Crippen LogP contribution is -2.13. The minimum Gasteiger partial charge on any atom is -0.369 e. The molecule has 0 aliphatic rings. The van der Waals surface area contributed by atoms with Crippen molar-refractivity contribution in [2.75, 3.05) is 5.32 Å². The van der Waals surface area contributed by atoms with Gasteiger partial charge in [-0.2, -0.15) is 9.67 Å². The number of nitrogens with two attached hydrogens (primary N) is 1. The van der Waals surface area contributed by atoms with Crippen LogP contribution in [0, 0.1) is 5.82 Å². The van der Waals surface area contributed by atoms with Crippen molar-refractivity contribution >= 4 is 28.7 Å². The molecule has 0 aliphatic heterocycles. The maximum atomic E-state index is 13.0. The molecule has 4 aromatic rings. The Morgan fingerprint density at radius 2 is 2.00 bits per heavy atom. The molecule has 1 amide bonds. The van der Waals surface area contributed by atoms with E-state index in [-0.39, 0.29) is 12.2 Å². The van der Waals surface area contributed by atoms with Crippen molar-refractivity contribution in [2.24, 2.45) is 5.73 Å². The van der Waals surface area contributed by atoms with Crippen molar-refractivity contribution < 1.29 is 9.18 Å². The molecule has 0 atom stereocenters. The number of primary amides is 1. The lowest BCUT2D eigenvalue weighted by Gasteiger charge is -2.06. The zero-order valence-corrected chi connectivity index (χ0v) is 14.0. The summed E-state index contributed by atoms with van der Waals surface area (Å²) in [6, 6.07) is 13.1. The molecule has 0 saturated heterocycles. The van der Waals surface area contributed by atoms with Gasteiger partial charge in [0, 0.05) is 5.69 Å². The zero-order chi connectivity index (χ0) is 18.8. The van der Waals surface area contributed by atoms with Crippen LogP contribution in [-0.4, -0.2) is 30.9 Å². The van der Waals surface area contributed by atoms with Gasteiger partial charge in [-0.15, -0.1) is 5.10 Å². The predicted molar refractivity (Wildman–Crippen MR) is 97.0 cm³/mol. The number of amides is 1. The van der Waals surface area contributed by atoms with Gasteiger partial charge in [-0.05, 0) is 42.0 Å². The van der Waals surface area contributed by atoms with E-state index in [1.165, 1.54) is 12.1 Å². The van der Waals surface area contributed by atoms with Gasteiger partial charge in [-0.25, -0.2) is 9.37 Å². The number of fused-ring (bicyclic) bond motifs is 1. The van der Waals surface area contributed by atoms with Crippen molar-refractivity contribution in [3.63, 3.8) is 0 Å². The average Bonchev–Trinajstić information content (AvgIpc) is 3.06. The molecular weight excluding hydrogens is 349 g/mol. The van der Waals surface area contributed by atoms with Gasteiger partial charge in [0.25, 0.3) is 0 Å². The third-order valence-electron chi connectivity index (χ3n) is 3.83. The highest BCUT2D eigenvalue weighted by molar-refractivity contribution is 5.77. The molecule has 4 rings (SSSR count). The number of halogens is 1. The third kappa shape index (κ3) is 3.56. The van der Waals surface area contributed by atoms with Crippen LogP contribution in [0.4, 0.5) is 16.0 Å². The molecule has 0 unspecified atom stereocenters. The number of hydrogen-bond donors (Lipinski definition) is 2. The van der Waals surface area contributed by atoms with E-state index in [4.69, 9.17) is 5.73 Å².